The summed E-state index contributed by atoms with van der Waals surface area (Å²) in [6, 6.07) is 12.6. The number of aliphatic carboxylic acids is 1. The van der Waals surface area contributed by atoms with Crippen LogP contribution in [0.1, 0.15) is 25.0 Å². The summed E-state index contributed by atoms with van der Waals surface area (Å²) < 4.78 is 6.83. The van der Waals surface area contributed by atoms with Crippen LogP contribution in [0.3, 0.4) is 0 Å². The molecule has 4 nitrogen and oxygen atoms in total. The summed E-state index contributed by atoms with van der Waals surface area (Å²) in [7, 11) is 0. The average molecular weight is 427 g/mol. The van der Waals surface area contributed by atoms with E-state index in [9.17, 15) is 9.90 Å². The minimum Gasteiger partial charge on any atom is -0.489 e. The van der Waals surface area contributed by atoms with E-state index in [-0.39, 0.29) is 5.92 Å². The number of hydrogen-bond donors (Lipinski definition) is 2. The fraction of sp³-hybridized carbons (Fsp3) is 0.316. The second-order valence-electron chi connectivity index (χ2n) is 6.11. The van der Waals surface area contributed by atoms with Gasteiger partial charge in [-0.05, 0) is 41.8 Å². The van der Waals surface area contributed by atoms with E-state index in [0.717, 1.165) is 15.6 Å². The number of carbonyl (C=O) groups is 1. The number of carboxylic acid groups (broad SMARTS) is 1. The summed E-state index contributed by atoms with van der Waals surface area (Å²) in [5.41, 5.74) is 1.86. The number of benzene rings is 2. The van der Waals surface area contributed by atoms with Crippen molar-refractivity contribution in [1.29, 1.82) is 0 Å². The molecule has 0 aliphatic heterocycles. The molecule has 0 bridgehead atoms. The van der Waals surface area contributed by atoms with Gasteiger partial charge >= 0.3 is 5.97 Å². The molecule has 0 aliphatic carbocycles. The van der Waals surface area contributed by atoms with Crippen LogP contribution in [0.5, 0.6) is 5.75 Å². The second-order valence-corrected chi connectivity index (χ2v) is 7.46. The lowest BCUT2D eigenvalue weighted by atomic mass is 10.0. The standard InChI is InChI=1S/C19H21BrClNO3/c1-12(2)18(19(23)24)22-10-14-9-15(20)6-7-17(14)25-11-13-4-3-5-16(21)8-13/h3-9,12,18,22H,10-11H2,1-2H3,(H,23,24). The molecule has 0 saturated carbocycles. The molecule has 0 aromatic heterocycles. The first-order valence-electron chi connectivity index (χ1n) is 7.98. The highest BCUT2D eigenvalue weighted by Gasteiger charge is 2.21. The third-order valence-corrected chi connectivity index (χ3v) is 4.48. The summed E-state index contributed by atoms with van der Waals surface area (Å²) in [5.74, 6) is -0.157. The third kappa shape index (κ3) is 6.03. The maximum Gasteiger partial charge on any atom is 0.320 e. The van der Waals surface area contributed by atoms with Crippen LogP contribution in [0.25, 0.3) is 0 Å². The highest BCUT2D eigenvalue weighted by molar-refractivity contribution is 9.10. The zero-order valence-electron chi connectivity index (χ0n) is 14.1. The Bertz CT molecular complexity index is 736. The second kappa shape index (κ2) is 9.22. The van der Waals surface area contributed by atoms with E-state index >= 15 is 0 Å². The van der Waals surface area contributed by atoms with E-state index in [1.165, 1.54) is 0 Å². The Kier molecular flexibility index (Phi) is 7.29. The van der Waals surface area contributed by atoms with Crippen LogP contribution in [-0.4, -0.2) is 17.1 Å². The van der Waals surface area contributed by atoms with Crippen LogP contribution >= 0.6 is 27.5 Å². The van der Waals surface area contributed by atoms with Crippen molar-refractivity contribution >= 4 is 33.5 Å². The highest BCUT2D eigenvalue weighted by atomic mass is 79.9. The smallest absolute Gasteiger partial charge is 0.320 e. The molecule has 0 spiro atoms. The molecular formula is C19H21BrClNO3. The minimum atomic E-state index is -0.855. The molecular weight excluding hydrogens is 406 g/mol. The van der Waals surface area contributed by atoms with Gasteiger partial charge in [-0.1, -0.05) is 53.5 Å². The van der Waals surface area contributed by atoms with Crippen LogP contribution < -0.4 is 10.1 Å². The van der Waals surface area contributed by atoms with E-state index in [2.05, 4.69) is 21.2 Å². The number of nitrogens with one attached hydrogen (secondary N) is 1. The number of ether oxygens (including phenoxy) is 1. The van der Waals surface area contributed by atoms with Gasteiger partial charge in [-0.3, -0.25) is 10.1 Å². The van der Waals surface area contributed by atoms with Crippen LogP contribution in [0.15, 0.2) is 46.9 Å². The topological polar surface area (TPSA) is 58.6 Å². The van der Waals surface area contributed by atoms with Crippen molar-refractivity contribution in [3.8, 4) is 5.75 Å². The predicted molar refractivity (Wildman–Crippen MR) is 103 cm³/mol. The summed E-state index contributed by atoms with van der Waals surface area (Å²) in [5, 5.41) is 13.1. The molecule has 0 saturated heterocycles. The lowest BCUT2D eigenvalue weighted by molar-refractivity contribution is -0.140. The Morgan fingerprint density at radius 1 is 1.28 bits per heavy atom. The van der Waals surface area contributed by atoms with Gasteiger partial charge in [-0.25, -0.2) is 0 Å². The fourth-order valence-electron chi connectivity index (χ4n) is 2.44. The Morgan fingerprint density at radius 3 is 2.68 bits per heavy atom. The van der Waals surface area contributed by atoms with Crippen molar-refractivity contribution < 1.29 is 14.6 Å². The van der Waals surface area contributed by atoms with Crippen molar-refractivity contribution in [1.82, 2.24) is 5.32 Å². The molecule has 1 atom stereocenters. The Labute approximate surface area is 161 Å². The van der Waals surface area contributed by atoms with Gasteiger partial charge in [0, 0.05) is 21.6 Å². The monoisotopic (exact) mass is 425 g/mol. The molecule has 134 valence electrons. The van der Waals surface area contributed by atoms with Gasteiger partial charge in [0.15, 0.2) is 0 Å². The largest absolute Gasteiger partial charge is 0.489 e. The quantitative estimate of drug-likeness (QED) is 0.631. The van der Waals surface area contributed by atoms with Crippen molar-refractivity contribution in [2.24, 2.45) is 5.92 Å². The number of hydrogen-bond acceptors (Lipinski definition) is 3. The summed E-state index contributed by atoms with van der Waals surface area (Å²) >= 11 is 9.44. The fourth-order valence-corrected chi connectivity index (χ4v) is 3.06. The molecule has 1 unspecified atom stereocenters. The maximum absolute atomic E-state index is 11.3. The van der Waals surface area contributed by atoms with Crippen LogP contribution in [0.2, 0.25) is 5.02 Å². The van der Waals surface area contributed by atoms with Gasteiger partial charge in [0.25, 0.3) is 0 Å². The number of rotatable bonds is 8. The molecule has 25 heavy (non-hydrogen) atoms. The van der Waals surface area contributed by atoms with Crippen LogP contribution in [0, 0.1) is 5.92 Å². The molecule has 6 heteroatoms. The van der Waals surface area contributed by atoms with E-state index in [0.29, 0.717) is 23.9 Å². The summed E-state index contributed by atoms with van der Waals surface area (Å²) in [6.45, 7) is 4.55. The van der Waals surface area contributed by atoms with Gasteiger partial charge < -0.3 is 9.84 Å². The van der Waals surface area contributed by atoms with Gasteiger partial charge in [-0.2, -0.15) is 0 Å². The van der Waals surface area contributed by atoms with Crippen molar-refractivity contribution in [2.45, 2.75) is 33.0 Å². The van der Waals surface area contributed by atoms with E-state index in [1.54, 1.807) is 0 Å². The molecule has 2 rings (SSSR count). The molecule has 0 aliphatic rings. The van der Waals surface area contributed by atoms with E-state index in [4.69, 9.17) is 16.3 Å². The number of carboxylic acids is 1. The molecule has 0 radical (unpaired) electrons. The van der Waals surface area contributed by atoms with E-state index < -0.39 is 12.0 Å². The summed E-state index contributed by atoms with van der Waals surface area (Å²) in [4.78, 5) is 11.3. The van der Waals surface area contributed by atoms with Crippen molar-refractivity contribution in [3.63, 3.8) is 0 Å². The first-order valence-corrected chi connectivity index (χ1v) is 9.15. The zero-order chi connectivity index (χ0) is 18.4. The van der Waals surface area contributed by atoms with E-state index in [1.807, 2.05) is 56.3 Å². The third-order valence-electron chi connectivity index (χ3n) is 3.75. The van der Waals surface area contributed by atoms with Crippen LogP contribution in [-0.2, 0) is 17.9 Å². The minimum absolute atomic E-state index is 0.0134. The Balaban J connectivity index is 2.10. The summed E-state index contributed by atoms with van der Waals surface area (Å²) in [6.07, 6.45) is 0. The van der Waals surface area contributed by atoms with Gasteiger partial charge in [-0.15, -0.1) is 0 Å². The Morgan fingerprint density at radius 2 is 2.04 bits per heavy atom. The van der Waals surface area contributed by atoms with Crippen molar-refractivity contribution in [2.75, 3.05) is 0 Å². The normalized spacial score (nSPS) is 12.2. The molecule has 2 N–H and O–H groups in total. The lowest BCUT2D eigenvalue weighted by Crippen LogP contribution is -2.40. The molecule has 0 heterocycles. The number of halogens is 2. The molecule has 0 amide bonds. The molecule has 2 aromatic carbocycles. The highest BCUT2D eigenvalue weighted by Crippen LogP contribution is 2.25. The van der Waals surface area contributed by atoms with Crippen molar-refractivity contribution in [3.05, 3.63) is 63.1 Å². The first-order chi connectivity index (χ1) is 11.9. The predicted octanol–water partition coefficient (Wildman–Crippen LogP) is 4.88. The SMILES string of the molecule is CC(C)C(NCc1cc(Br)ccc1OCc1cccc(Cl)c1)C(=O)O. The van der Waals surface area contributed by atoms with Gasteiger partial charge in [0.1, 0.15) is 18.4 Å². The van der Waals surface area contributed by atoms with Gasteiger partial charge in [0.05, 0.1) is 0 Å². The molecule has 0 fully saturated rings. The Hall–Kier alpha value is -1.56. The maximum atomic E-state index is 11.3. The molecule has 2 aromatic rings. The van der Waals surface area contributed by atoms with Gasteiger partial charge in [0.2, 0.25) is 0 Å². The van der Waals surface area contributed by atoms with Crippen LogP contribution in [0.4, 0.5) is 0 Å². The zero-order valence-corrected chi connectivity index (χ0v) is 16.5. The average Bonchev–Trinajstić information content (AvgIpc) is 2.53. The first kappa shape index (κ1) is 19.8. The lowest BCUT2D eigenvalue weighted by Gasteiger charge is -2.19.